The lowest BCUT2D eigenvalue weighted by Crippen LogP contribution is -1.96. The van der Waals surface area contributed by atoms with Gasteiger partial charge in [-0.3, -0.25) is 0 Å². The maximum atomic E-state index is 6.03. The van der Waals surface area contributed by atoms with E-state index in [0.717, 1.165) is 16.3 Å². The first-order valence-corrected chi connectivity index (χ1v) is 8.46. The van der Waals surface area contributed by atoms with Gasteiger partial charge in [0.15, 0.2) is 0 Å². The van der Waals surface area contributed by atoms with E-state index in [4.69, 9.17) is 11.6 Å². The third-order valence-corrected chi connectivity index (χ3v) is 5.99. The Kier molecular flexibility index (Phi) is 3.78. The summed E-state index contributed by atoms with van der Waals surface area (Å²) in [5.74, 6) is 0. The molecule has 5 heteroatoms. The van der Waals surface area contributed by atoms with Crippen molar-refractivity contribution >= 4 is 44.9 Å². The number of hydrogen-bond acceptors (Lipinski definition) is 4. The molecular formula is C13H15ClN2S2. The molecule has 0 radical (unpaired) electrons. The Morgan fingerprint density at radius 3 is 2.89 bits per heavy atom. The average molecular weight is 299 g/mol. The molecule has 0 amide bonds. The molecule has 0 saturated heterocycles. The predicted molar refractivity (Wildman–Crippen MR) is 79.9 cm³/mol. The lowest BCUT2D eigenvalue weighted by Gasteiger charge is -2.08. The normalized spacial score (nSPS) is 16.8. The second-order valence-electron chi connectivity index (χ2n) is 4.61. The molecule has 0 spiro atoms. The average Bonchev–Trinajstić information content (AvgIpc) is 2.97. The minimum atomic E-state index is 0.382. The SMILES string of the molecule is CCc1cc2c(SC3CCCC3)nc(Cl)nc2s1. The van der Waals surface area contributed by atoms with Crippen molar-refractivity contribution in [3.63, 3.8) is 0 Å². The van der Waals surface area contributed by atoms with Crippen LogP contribution in [-0.2, 0) is 6.42 Å². The minimum Gasteiger partial charge on any atom is -0.211 e. The highest BCUT2D eigenvalue weighted by molar-refractivity contribution is 8.00. The Balaban J connectivity index is 2.00. The van der Waals surface area contributed by atoms with Gasteiger partial charge in [-0.15, -0.1) is 23.1 Å². The van der Waals surface area contributed by atoms with E-state index in [0.29, 0.717) is 10.5 Å². The van der Waals surface area contributed by atoms with Gasteiger partial charge in [0.2, 0.25) is 5.28 Å². The molecule has 1 saturated carbocycles. The van der Waals surface area contributed by atoms with Crippen LogP contribution in [0.2, 0.25) is 5.28 Å². The molecule has 2 aromatic rings. The Morgan fingerprint density at radius 1 is 1.39 bits per heavy atom. The van der Waals surface area contributed by atoms with Gasteiger partial charge in [0.25, 0.3) is 0 Å². The molecule has 1 fully saturated rings. The molecule has 0 aromatic carbocycles. The third-order valence-electron chi connectivity index (χ3n) is 3.31. The molecule has 0 aliphatic heterocycles. The van der Waals surface area contributed by atoms with Gasteiger partial charge in [-0.05, 0) is 36.9 Å². The van der Waals surface area contributed by atoms with E-state index in [9.17, 15) is 0 Å². The number of thioether (sulfide) groups is 1. The number of nitrogens with zero attached hydrogens (tertiary/aromatic N) is 2. The Hall–Kier alpha value is -0.320. The summed E-state index contributed by atoms with van der Waals surface area (Å²) in [5, 5.41) is 3.36. The van der Waals surface area contributed by atoms with Crippen LogP contribution in [0, 0.1) is 0 Å². The molecule has 2 aromatic heterocycles. The first-order chi connectivity index (χ1) is 8.76. The van der Waals surface area contributed by atoms with Crippen molar-refractivity contribution in [3.8, 4) is 0 Å². The van der Waals surface area contributed by atoms with Gasteiger partial charge in [0.1, 0.15) is 9.86 Å². The van der Waals surface area contributed by atoms with Gasteiger partial charge < -0.3 is 0 Å². The van der Waals surface area contributed by atoms with Gasteiger partial charge in [0.05, 0.1) is 0 Å². The van der Waals surface area contributed by atoms with Gasteiger partial charge >= 0.3 is 0 Å². The second kappa shape index (κ2) is 5.35. The Bertz CT molecular complexity index is 561. The summed E-state index contributed by atoms with van der Waals surface area (Å²) >= 11 is 9.66. The van der Waals surface area contributed by atoms with E-state index in [1.54, 1.807) is 11.3 Å². The summed E-state index contributed by atoms with van der Waals surface area (Å²) in [4.78, 5) is 11.2. The van der Waals surface area contributed by atoms with E-state index in [-0.39, 0.29) is 0 Å². The van der Waals surface area contributed by atoms with Crippen LogP contribution in [0.15, 0.2) is 11.1 Å². The fraction of sp³-hybridized carbons (Fsp3) is 0.538. The summed E-state index contributed by atoms with van der Waals surface area (Å²) < 4.78 is 0. The number of halogens is 1. The molecule has 2 heterocycles. The fourth-order valence-corrected chi connectivity index (χ4v) is 4.96. The van der Waals surface area contributed by atoms with Crippen molar-refractivity contribution in [1.29, 1.82) is 0 Å². The maximum absolute atomic E-state index is 6.03. The zero-order chi connectivity index (χ0) is 12.5. The standard InChI is InChI=1S/C13H15ClN2S2/c1-2-8-7-10-11(17-8)15-13(14)16-12(10)18-9-5-3-4-6-9/h7,9H,2-6H2,1H3. The summed E-state index contributed by atoms with van der Waals surface area (Å²) in [6, 6.07) is 2.23. The van der Waals surface area contributed by atoms with E-state index in [1.165, 1.54) is 35.9 Å². The monoisotopic (exact) mass is 298 g/mol. The first kappa shape index (κ1) is 12.7. The lowest BCUT2D eigenvalue weighted by molar-refractivity contribution is 0.886. The molecule has 0 N–H and O–H groups in total. The number of hydrogen-bond donors (Lipinski definition) is 0. The fourth-order valence-electron chi connectivity index (χ4n) is 2.35. The minimum absolute atomic E-state index is 0.382. The summed E-state index contributed by atoms with van der Waals surface area (Å²) in [5.41, 5.74) is 0. The largest absolute Gasteiger partial charge is 0.224 e. The Morgan fingerprint density at radius 2 is 2.17 bits per heavy atom. The zero-order valence-electron chi connectivity index (χ0n) is 10.3. The molecule has 1 aliphatic carbocycles. The van der Waals surface area contributed by atoms with E-state index in [2.05, 4.69) is 23.0 Å². The zero-order valence-corrected chi connectivity index (χ0v) is 12.7. The maximum Gasteiger partial charge on any atom is 0.224 e. The molecule has 1 aliphatic rings. The van der Waals surface area contributed by atoms with Crippen molar-refractivity contribution in [2.45, 2.75) is 49.3 Å². The third kappa shape index (κ3) is 2.51. The van der Waals surface area contributed by atoms with Crippen molar-refractivity contribution in [1.82, 2.24) is 9.97 Å². The van der Waals surface area contributed by atoms with Crippen LogP contribution in [0.3, 0.4) is 0 Å². The summed E-state index contributed by atoms with van der Waals surface area (Å²) in [6.45, 7) is 2.17. The van der Waals surface area contributed by atoms with Crippen molar-refractivity contribution < 1.29 is 0 Å². The van der Waals surface area contributed by atoms with Crippen molar-refractivity contribution in [2.24, 2.45) is 0 Å². The number of fused-ring (bicyclic) bond motifs is 1. The second-order valence-corrected chi connectivity index (χ2v) is 7.35. The van der Waals surface area contributed by atoms with Crippen LogP contribution in [-0.4, -0.2) is 15.2 Å². The molecular weight excluding hydrogens is 284 g/mol. The van der Waals surface area contributed by atoms with Crippen LogP contribution >= 0.6 is 34.7 Å². The number of rotatable bonds is 3. The highest BCUT2D eigenvalue weighted by Crippen LogP contribution is 2.39. The van der Waals surface area contributed by atoms with Crippen LogP contribution in [0.1, 0.15) is 37.5 Å². The highest BCUT2D eigenvalue weighted by Gasteiger charge is 2.19. The smallest absolute Gasteiger partial charge is 0.211 e. The first-order valence-electron chi connectivity index (χ1n) is 6.39. The van der Waals surface area contributed by atoms with Gasteiger partial charge in [-0.25, -0.2) is 9.97 Å². The molecule has 0 bridgehead atoms. The van der Waals surface area contributed by atoms with E-state index < -0.39 is 0 Å². The molecule has 18 heavy (non-hydrogen) atoms. The quantitative estimate of drug-likeness (QED) is 0.593. The summed E-state index contributed by atoms with van der Waals surface area (Å²) in [7, 11) is 0. The predicted octanol–water partition coefficient (Wildman–Crippen LogP) is 4.94. The summed E-state index contributed by atoms with van der Waals surface area (Å²) in [6.07, 6.45) is 6.36. The Labute approximate surface area is 120 Å². The number of thiophene rings is 1. The van der Waals surface area contributed by atoms with E-state index >= 15 is 0 Å². The van der Waals surface area contributed by atoms with Crippen molar-refractivity contribution in [2.75, 3.05) is 0 Å². The number of aromatic nitrogens is 2. The highest BCUT2D eigenvalue weighted by atomic mass is 35.5. The molecule has 0 unspecified atom stereocenters. The van der Waals surface area contributed by atoms with E-state index in [1.807, 2.05) is 11.8 Å². The van der Waals surface area contributed by atoms with Gasteiger partial charge in [-0.1, -0.05) is 19.8 Å². The van der Waals surface area contributed by atoms with Crippen LogP contribution in [0.25, 0.3) is 10.2 Å². The molecule has 3 rings (SSSR count). The van der Waals surface area contributed by atoms with Crippen molar-refractivity contribution in [3.05, 3.63) is 16.2 Å². The van der Waals surface area contributed by atoms with Crippen LogP contribution in [0.4, 0.5) is 0 Å². The molecule has 0 atom stereocenters. The lowest BCUT2D eigenvalue weighted by atomic mass is 10.3. The molecule has 96 valence electrons. The van der Waals surface area contributed by atoms with Crippen LogP contribution in [0.5, 0.6) is 0 Å². The van der Waals surface area contributed by atoms with Gasteiger partial charge in [0, 0.05) is 15.5 Å². The molecule has 2 nitrogen and oxygen atoms in total. The van der Waals surface area contributed by atoms with Crippen LogP contribution < -0.4 is 0 Å². The van der Waals surface area contributed by atoms with Gasteiger partial charge in [-0.2, -0.15) is 0 Å². The number of aryl methyl sites for hydroxylation is 1. The topological polar surface area (TPSA) is 25.8 Å².